The fourth-order valence-corrected chi connectivity index (χ4v) is 2.65. The van der Waals surface area contributed by atoms with Crippen LogP contribution in [0.25, 0.3) is 0 Å². The highest BCUT2D eigenvalue weighted by atomic mass is 35.5. The Morgan fingerprint density at radius 3 is 2.32 bits per heavy atom. The van der Waals surface area contributed by atoms with Crippen LogP contribution in [0.2, 0.25) is 10.0 Å². The monoisotopic (exact) mass is 367 g/mol. The number of carbonyl (C=O) groups excluding carboxylic acids is 1. The number of nitrogens with one attached hydrogen (secondary N) is 1. The molecule has 0 bridgehead atoms. The van der Waals surface area contributed by atoms with Gasteiger partial charge in [0.25, 0.3) is 0 Å². The molecule has 1 rings (SSSR count). The number of rotatable bonds is 6. The predicted octanol–water partition coefficient (Wildman–Crippen LogP) is 1.84. The zero-order valence-corrected chi connectivity index (χ0v) is 14.2. The third kappa shape index (κ3) is 4.34. The first kappa shape index (κ1) is 18.7. The maximum Gasteiger partial charge on any atom is 0.333 e. The molecule has 9 heteroatoms. The molecule has 1 atom stereocenters. The fourth-order valence-electron chi connectivity index (χ4n) is 1.67. The first-order valence-corrected chi connectivity index (χ1v) is 8.80. The fraction of sp³-hybridized carbons (Fsp3) is 0.385. The summed E-state index contributed by atoms with van der Waals surface area (Å²) in [6.07, 6.45) is 0. The van der Waals surface area contributed by atoms with Gasteiger partial charge in [0.2, 0.25) is 5.91 Å². The minimum absolute atomic E-state index is 0.127. The summed E-state index contributed by atoms with van der Waals surface area (Å²) in [6.45, 7) is 2.64. The van der Waals surface area contributed by atoms with E-state index >= 15 is 0 Å². The standard InChI is InChI=1S/C13H15Cl2NO5S/c1-3-22(20,21)7-11(17)16-13(2,12(18)19)8-4-5-9(14)10(15)6-8/h4-6H,3,7H2,1-2H3,(H,16,17)(H,18,19). The molecular weight excluding hydrogens is 353 g/mol. The van der Waals surface area contributed by atoms with Crippen molar-refractivity contribution in [3.63, 3.8) is 0 Å². The van der Waals surface area contributed by atoms with Gasteiger partial charge >= 0.3 is 5.97 Å². The molecule has 1 amide bonds. The van der Waals surface area contributed by atoms with Gasteiger partial charge in [-0.1, -0.05) is 36.2 Å². The molecule has 0 fully saturated rings. The molecule has 1 unspecified atom stereocenters. The first-order valence-electron chi connectivity index (χ1n) is 6.22. The lowest BCUT2D eigenvalue weighted by molar-refractivity contribution is -0.147. The number of hydrogen-bond donors (Lipinski definition) is 2. The van der Waals surface area contributed by atoms with E-state index in [9.17, 15) is 23.1 Å². The van der Waals surface area contributed by atoms with Gasteiger partial charge in [0, 0.05) is 5.75 Å². The van der Waals surface area contributed by atoms with Gasteiger partial charge in [-0.2, -0.15) is 0 Å². The molecule has 22 heavy (non-hydrogen) atoms. The van der Waals surface area contributed by atoms with Crippen molar-refractivity contribution in [1.82, 2.24) is 5.32 Å². The van der Waals surface area contributed by atoms with Crippen LogP contribution >= 0.6 is 23.2 Å². The Balaban J connectivity index is 3.14. The van der Waals surface area contributed by atoms with Gasteiger partial charge in [-0.05, 0) is 24.6 Å². The maximum absolute atomic E-state index is 11.9. The smallest absolute Gasteiger partial charge is 0.333 e. The molecule has 1 aromatic rings. The van der Waals surface area contributed by atoms with Crippen molar-refractivity contribution < 1.29 is 23.1 Å². The molecule has 6 nitrogen and oxygen atoms in total. The minimum atomic E-state index is -3.57. The van der Waals surface area contributed by atoms with Crippen molar-refractivity contribution in [3.8, 4) is 0 Å². The molecule has 0 saturated carbocycles. The average molecular weight is 368 g/mol. The second kappa shape index (κ2) is 6.85. The SMILES string of the molecule is CCS(=O)(=O)CC(=O)NC(C)(C(=O)O)c1ccc(Cl)c(Cl)c1. The van der Waals surface area contributed by atoms with Gasteiger partial charge in [-0.15, -0.1) is 0 Å². The van der Waals surface area contributed by atoms with Crippen LogP contribution in [0.3, 0.4) is 0 Å². The number of carbonyl (C=O) groups is 2. The molecule has 0 spiro atoms. The Morgan fingerprint density at radius 2 is 1.86 bits per heavy atom. The summed E-state index contributed by atoms with van der Waals surface area (Å²) in [4.78, 5) is 23.4. The summed E-state index contributed by atoms with van der Waals surface area (Å²) in [7, 11) is -3.57. The van der Waals surface area contributed by atoms with Crippen molar-refractivity contribution in [3.05, 3.63) is 33.8 Å². The molecule has 0 saturated heterocycles. The maximum atomic E-state index is 11.9. The van der Waals surface area contributed by atoms with E-state index in [-0.39, 0.29) is 21.4 Å². The number of hydrogen-bond acceptors (Lipinski definition) is 4. The molecular formula is C13H15Cl2NO5S. The Bertz CT molecular complexity index is 704. The number of aliphatic carboxylic acids is 1. The quantitative estimate of drug-likeness (QED) is 0.798. The molecule has 0 aromatic heterocycles. The van der Waals surface area contributed by atoms with Crippen LogP contribution in [0.5, 0.6) is 0 Å². The number of sulfone groups is 1. The van der Waals surface area contributed by atoms with E-state index in [0.717, 1.165) is 0 Å². The second-order valence-electron chi connectivity index (χ2n) is 4.78. The molecule has 1 aromatic carbocycles. The van der Waals surface area contributed by atoms with Crippen molar-refractivity contribution in [1.29, 1.82) is 0 Å². The van der Waals surface area contributed by atoms with E-state index in [2.05, 4.69) is 5.32 Å². The molecule has 0 heterocycles. The normalized spacial score (nSPS) is 14.2. The number of amides is 1. The topological polar surface area (TPSA) is 101 Å². The summed E-state index contributed by atoms with van der Waals surface area (Å²) in [6, 6.07) is 4.11. The summed E-state index contributed by atoms with van der Waals surface area (Å²) >= 11 is 11.6. The molecule has 0 aliphatic rings. The minimum Gasteiger partial charge on any atom is -0.479 e. The Morgan fingerprint density at radius 1 is 1.27 bits per heavy atom. The van der Waals surface area contributed by atoms with Crippen molar-refractivity contribution in [2.24, 2.45) is 0 Å². The highest BCUT2D eigenvalue weighted by Gasteiger charge is 2.38. The highest BCUT2D eigenvalue weighted by Crippen LogP contribution is 2.29. The third-order valence-electron chi connectivity index (χ3n) is 3.10. The van der Waals surface area contributed by atoms with Gasteiger partial charge in [0.15, 0.2) is 15.4 Å². The zero-order valence-electron chi connectivity index (χ0n) is 11.9. The zero-order chi connectivity index (χ0) is 17.1. The van der Waals surface area contributed by atoms with E-state index < -0.39 is 33.0 Å². The predicted molar refractivity (Wildman–Crippen MR) is 83.9 cm³/mol. The van der Waals surface area contributed by atoms with Crippen molar-refractivity contribution >= 4 is 44.9 Å². The third-order valence-corrected chi connectivity index (χ3v) is 5.43. The second-order valence-corrected chi connectivity index (χ2v) is 7.95. The summed E-state index contributed by atoms with van der Waals surface area (Å²) in [5, 5.41) is 12.0. The Hall–Kier alpha value is -1.31. The van der Waals surface area contributed by atoms with Crippen LogP contribution in [0, 0.1) is 0 Å². The van der Waals surface area contributed by atoms with Gasteiger partial charge in [0.05, 0.1) is 10.0 Å². The summed E-state index contributed by atoms with van der Waals surface area (Å²) < 4.78 is 22.9. The lowest BCUT2D eigenvalue weighted by Gasteiger charge is -2.27. The van der Waals surface area contributed by atoms with Gasteiger partial charge < -0.3 is 10.4 Å². The van der Waals surface area contributed by atoms with Crippen molar-refractivity contribution in [2.45, 2.75) is 19.4 Å². The van der Waals surface area contributed by atoms with E-state index in [1.807, 2.05) is 0 Å². The van der Waals surface area contributed by atoms with Crippen LogP contribution in [0.15, 0.2) is 18.2 Å². The van der Waals surface area contributed by atoms with Gasteiger partial charge in [-0.25, -0.2) is 13.2 Å². The Kier molecular flexibility index (Phi) is 5.83. The number of carboxylic acids is 1. The van der Waals surface area contributed by atoms with E-state index in [4.69, 9.17) is 23.2 Å². The molecule has 0 radical (unpaired) electrons. The molecule has 2 N–H and O–H groups in total. The Labute approximate surface area is 138 Å². The van der Waals surface area contributed by atoms with Crippen LogP contribution in [-0.4, -0.2) is 36.9 Å². The van der Waals surface area contributed by atoms with E-state index in [1.165, 1.54) is 32.0 Å². The van der Waals surface area contributed by atoms with Gasteiger partial charge in [-0.3, -0.25) is 4.79 Å². The lowest BCUT2D eigenvalue weighted by Crippen LogP contribution is -2.51. The van der Waals surface area contributed by atoms with Crippen LogP contribution in [0.1, 0.15) is 19.4 Å². The van der Waals surface area contributed by atoms with Crippen LogP contribution < -0.4 is 5.32 Å². The van der Waals surface area contributed by atoms with Crippen molar-refractivity contribution in [2.75, 3.05) is 11.5 Å². The summed E-state index contributed by atoms with van der Waals surface area (Å²) in [5.41, 5.74) is -1.65. The number of benzene rings is 1. The molecule has 122 valence electrons. The van der Waals surface area contributed by atoms with Gasteiger partial charge in [0.1, 0.15) is 5.75 Å². The summed E-state index contributed by atoms with van der Waals surface area (Å²) in [5.74, 6) is -3.25. The number of carboxylic acid groups (broad SMARTS) is 1. The largest absolute Gasteiger partial charge is 0.479 e. The number of halogens is 2. The molecule has 0 aliphatic carbocycles. The van der Waals surface area contributed by atoms with Crippen LogP contribution in [0.4, 0.5) is 0 Å². The van der Waals surface area contributed by atoms with E-state index in [0.29, 0.717) is 0 Å². The average Bonchev–Trinajstić information content (AvgIpc) is 2.40. The lowest BCUT2D eigenvalue weighted by atomic mass is 9.92. The van der Waals surface area contributed by atoms with Crippen LogP contribution in [-0.2, 0) is 25.0 Å². The highest BCUT2D eigenvalue weighted by molar-refractivity contribution is 7.92. The first-order chi connectivity index (χ1) is 10.0. The van der Waals surface area contributed by atoms with E-state index in [1.54, 1.807) is 0 Å². The molecule has 0 aliphatic heterocycles.